The lowest BCUT2D eigenvalue weighted by molar-refractivity contribution is -0.139. The number of ether oxygens (including phenoxy) is 3. The standard InChI is InChI=1S/C24H24N2O6S/c1-5-30-18-12-15(9-10-17(18)29-4)21-20(23(28)31-6-2)14(3)25-24-26(21)22(27)19(33-24)13-16-8-7-11-32-16/h7-13,21H,5-6H2,1-4H3. The molecule has 1 aliphatic heterocycles. The fourth-order valence-corrected chi connectivity index (χ4v) is 4.77. The number of esters is 1. The van der Waals surface area contributed by atoms with Crippen LogP contribution in [0.4, 0.5) is 0 Å². The third-order valence-electron chi connectivity index (χ3n) is 5.14. The highest BCUT2D eigenvalue weighted by Gasteiger charge is 2.34. The van der Waals surface area contributed by atoms with E-state index in [1.54, 1.807) is 57.6 Å². The molecular weight excluding hydrogens is 444 g/mol. The molecule has 1 aromatic carbocycles. The number of thiazole rings is 1. The molecule has 9 heteroatoms. The normalized spacial score (nSPS) is 15.8. The van der Waals surface area contributed by atoms with Crippen molar-refractivity contribution in [2.75, 3.05) is 20.3 Å². The number of aromatic nitrogens is 1. The van der Waals surface area contributed by atoms with E-state index in [0.717, 1.165) is 0 Å². The maximum atomic E-state index is 13.5. The lowest BCUT2D eigenvalue weighted by atomic mass is 9.95. The van der Waals surface area contributed by atoms with Gasteiger partial charge in [-0.05, 0) is 50.6 Å². The molecular formula is C24H24N2O6S. The van der Waals surface area contributed by atoms with Crippen molar-refractivity contribution in [2.24, 2.45) is 4.99 Å². The highest BCUT2D eigenvalue weighted by Crippen LogP contribution is 2.36. The van der Waals surface area contributed by atoms with Crippen molar-refractivity contribution in [1.82, 2.24) is 4.57 Å². The summed E-state index contributed by atoms with van der Waals surface area (Å²) in [5.41, 5.74) is 1.21. The van der Waals surface area contributed by atoms with E-state index in [1.807, 2.05) is 13.0 Å². The molecule has 1 atom stereocenters. The molecule has 0 N–H and O–H groups in total. The van der Waals surface area contributed by atoms with Crippen molar-refractivity contribution in [1.29, 1.82) is 0 Å². The molecule has 0 fully saturated rings. The summed E-state index contributed by atoms with van der Waals surface area (Å²) in [6.07, 6.45) is 3.21. The van der Waals surface area contributed by atoms with Crippen LogP contribution in [0.1, 0.15) is 38.1 Å². The summed E-state index contributed by atoms with van der Waals surface area (Å²) in [7, 11) is 1.56. The lowest BCUT2D eigenvalue weighted by Gasteiger charge is -2.25. The van der Waals surface area contributed by atoms with Crippen LogP contribution in [0.15, 0.2) is 62.1 Å². The molecule has 0 saturated heterocycles. The first-order valence-corrected chi connectivity index (χ1v) is 11.3. The van der Waals surface area contributed by atoms with Gasteiger partial charge in [-0.15, -0.1) is 0 Å². The van der Waals surface area contributed by atoms with Crippen molar-refractivity contribution in [3.05, 3.63) is 78.9 Å². The zero-order valence-corrected chi connectivity index (χ0v) is 19.6. The Balaban J connectivity index is 1.97. The summed E-state index contributed by atoms with van der Waals surface area (Å²) in [6, 6.07) is 8.15. The smallest absolute Gasteiger partial charge is 0.338 e. The highest BCUT2D eigenvalue weighted by molar-refractivity contribution is 7.07. The van der Waals surface area contributed by atoms with Crippen LogP contribution in [0.25, 0.3) is 6.08 Å². The quantitative estimate of drug-likeness (QED) is 0.495. The van der Waals surface area contributed by atoms with E-state index in [4.69, 9.17) is 18.6 Å². The van der Waals surface area contributed by atoms with E-state index in [-0.39, 0.29) is 12.2 Å². The van der Waals surface area contributed by atoms with Crippen molar-refractivity contribution in [3.8, 4) is 11.5 Å². The molecule has 0 amide bonds. The summed E-state index contributed by atoms with van der Waals surface area (Å²) >= 11 is 1.24. The van der Waals surface area contributed by atoms with E-state index in [1.165, 1.54) is 15.9 Å². The number of carbonyl (C=O) groups excluding carboxylic acids is 1. The maximum absolute atomic E-state index is 13.5. The first kappa shape index (κ1) is 22.6. The monoisotopic (exact) mass is 468 g/mol. The predicted molar refractivity (Wildman–Crippen MR) is 123 cm³/mol. The molecule has 33 heavy (non-hydrogen) atoms. The van der Waals surface area contributed by atoms with Gasteiger partial charge in [-0.2, -0.15) is 0 Å². The molecule has 1 aliphatic rings. The minimum atomic E-state index is -0.732. The van der Waals surface area contributed by atoms with Gasteiger partial charge in [0.05, 0.1) is 48.4 Å². The summed E-state index contributed by atoms with van der Waals surface area (Å²) in [6.45, 7) is 6.00. The third kappa shape index (κ3) is 4.23. The molecule has 3 aromatic rings. The second kappa shape index (κ2) is 9.50. The van der Waals surface area contributed by atoms with E-state index < -0.39 is 12.0 Å². The topological polar surface area (TPSA) is 92.3 Å². The lowest BCUT2D eigenvalue weighted by Crippen LogP contribution is -2.39. The van der Waals surface area contributed by atoms with Gasteiger partial charge < -0.3 is 18.6 Å². The Morgan fingerprint density at radius 1 is 1.24 bits per heavy atom. The van der Waals surface area contributed by atoms with Crippen LogP contribution in [-0.2, 0) is 9.53 Å². The molecule has 0 spiro atoms. The minimum Gasteiger partial charge on any atom is -0.493 e. The van der Waals surface area contributed by atoms with Gasteiger partial charge in [0.1, 0.15) is 5.76 Å². The van der Waals surface area contributed by atoms with Crippen molar-refractivity contribution >= 4 is 23.4 Å². The number of fused-ring (bicyclic) bond motifs is 1. The van der Waals surface area contributed by atoms with Crippen LogP contribution in [0.5, 0.6) is 11.5 Å². The van der Waals surface area contributed by atoms with E-state index in [0.29, 0.717) is 50.0 Å². The SMILES string of the molecule is CCOC(=O)C1=C(C)N=c2sc(=Cc3ccco3)c(=O)n2C1c1ccc(OC)c(OCC)c1. The van der Waals surface area contributed by atoms with Crippen LogP contribution in [0.2, 0.25) is 0 Å². The average molecular weight is 469 g/mol. The molecule has 0 bridgehead atoms. The molecule has 172 valence electrons. The van der Waals surface area contributed by atoms with E-state index in [9.17, 15) is 9.59 Å². The number of methoxy groups -OCH3 is 1. The number of rotatable bonds is 7. The van der Waals surface area contributed by atoms with Gasteiger partial charge in [-0.3, -0.25) is 9.36 Å². The number of benzene rings is 1. The number of nitrogens with zero attached hydrogens (tertiary/aromatic N) is 2. The summed E-state index contributed by atoms with van der Waals surface area (Å²) in [5, 5.41) is 0. The van der Waals surface area contributed by atoms with Gasteiger partial charge in [-0.25, -0.2) is 9.79 Å². The van der Waals surface area contributed by atoms with Crippen molar-refractivity contribution in [2.45, 2.75) is 26.8 Å². The summed E-state index contributed by atoms with van der Waals surface area (Å²) in [5.74, 6) is 1.12. The first-order valence-electron chi connectivity index (χ1n) is 10.5. The molecule has 3 heterocycles. The predicted octanol–water partition coefficient (Wildman–Crippen LogP) is 2.80. The first-order chi connectivity index (χ1) is 16.0. The van der Waals surface area contributed by atoms with Crippen LogP contribution >= 0.6 is 11.3 Å². The molecule has 0 saturated carbocycles. The molecule has 1 unspecified atom stereocenters. The highest BCUT2D eigenvalue weighted by atomic mass is 32.1. The summed E-state index contributed by atoms with van der Waals surface area (Å²) < 4.78 is 23.8. The molecule has 0 aliphatic carbocycles. The largest absolute Gasteiger partial charge is 0.493 e. The second-order valence-corrected chi connectivity index (χ2v) is 8.17. The Morgan fingerprint density at radius 2 is 2.06 bits per heavy atom. The Morgan fingerprint density at radius 3 is 2.73 bits per heavy atom. The van der Waals surface area contributed by atoms with Gasteiger partial charge >= 0.3 is 5.97 Å². The number of carbonyl (C=O) groups is 1. The van der Waals surface area contributed by atoms with Gasteiger partial charge in [0.15, 0.2) is 16.3 Å². The molecule has 2 aromatic heterocycles. The Hall–Kier alpha value is -3.59. The molecule has 4 rings (SSSR count). The average Bonchev–Trinajstić information content (AvgIpc) is 3.41. The van der Waals surface area contributed by atoms with Crippen molar-refractivity contribution in [3.63, 3.8) is 0 Å². The van der Waals surface area contributed by atoms with Crippen molar-refractivity contribution < 1.29 is 23.4 Å². The number of allylic oxidation sites excluding steroid dienone is 1. The van der Waals surface area contributed by atoms with E-state index in [2.05, 4.69) is 4.99 Å². The summed E-state index contributed by atoms with van der Waals surface area (Å²) in [4.78, 5) is 31.5. The number of hydrogen-bond donors (Lipinski definition) is 0. The van der Waals surface area contributed by atoms with Crippen LogP contribution in [0, 0.1) is 0 Å². The van der Waals surface area contributed by atoms with Gasteiger partial charge in [0, 0.05) is 6.08 Å². The number of furan rings is 1. The van der Waals surface area contributed by atoms with Gasteiger partial charge in [0.25, 0.3) is 5.56 Å². The fourth-order valence-electron chi connectivity index (χ4n) is 3.74. The minimum absolute atomic E-state index is 0.206. The molecule has 0 radical (unpaired) electrons. The Bertz CT molecular complexity index is 1380. The van der Waals surface area contributed by atoms with Gasteiger partial charge in [0.2, 0.25) is 0 Å². The fraction of sp³-hybridized carbons (Fsp3) is 0.292. The zero-order valence-electron chi connectivity index (χ0n) is 18.8. The second-order valence-electron chi connectivity index (χ2n) is 7.16. The maximum Gasteiger partial charge on any atom is 0.338 e. The molecule has 8 nitrogen and oxygen atoms in total. The van der Waals surface area contributed by atoms with E-state index >= 15 is 0 Å². The Labute approximate surface area is 194 Å². The third-order valence-corrected chi connectivity index (χ3v) is 6.12. The zero-order chi connectivity index (χ0) is 23.5. The number of hydrogen-bond acceptors (Lipinski definition) is 8. The van der Waals surface area contributed by atoms with Crippen LogP contribution in [-0.4, -0.2) is 30.9 Å². The Kier molecular flexibility index (Phi) is 6.50. The van der Waals surface area contributed by atoms with Crippen LogP contribution < -0.4 is 24.4 Å². The van der Waals surface area contributed by atoms with Gasteiger partial charge in [-0.1, -0.05) is 17.4 Å². The van der Waals surface area contributed by atoms with Crippen LogP contribution in [0.3, 0.4) is 0 Å².